The van der Waals surface area contributed by atoms with Gasteiger partial charge < -0.3 is 74.7 Å². The number of hydrogen-bond donors (Lipinski definition) is 10. The van der Waals surface area contributed by atoms with E-state index in [0.29, 0.717) is 0 Å². The third kappa shape index (κ3) is 5.07. The largest absolute Gasteiger partial charge is 0.394 e. The summed E-state index contributed by atoms with van der Waals surface area (Å²) in [4.78, 5) is 0. The van der Waals surface area contributed by atoms with Crippen molar-refractivity contribution in [3.05, 3.63) is 0 Å². The van der Waals surface area contributed by atoms with Crippen LogP contribution < -0.4 is 0 Å². The minimum Gasteiger partial charge on any atom is -0.394 e. The first-order valence-corrected chi connectivity index (χ1v) is 10.00. The number of hydrogen-bond acceptors (Lipinski definition) is 15. The maximum Gasteiger partial charge on any atom is 0.187 e. The SMILES string of the molecule is OCC1OC(OC2C(OC3C(O)OC(CO)C(O)C3O)OCC(O)C2O)C(O)C(O)C1O. The highest BCUT2D eigenvalue weighted by Gasteiger charge is 2.51. The Morgan fingerprint density at radius 2 is 1.16 bits per heavy atom. The van der Waals surface area contributed by atoms with Gasteiger partial charge in [0.25, 0.3) is 0 Å². The smallest absolute Gasteiger partial charge is 0.187 e. The molecule has 3 heterocycles. The molecule has 0 saturated carbocycles. The Balaban J connectivity index is 1.75. The molecule has 10 N–H and O–H groups in total. The molecule has 0 radical (unpaired) electrons. The summed E-state index contributed by atoms with van der Waals surface area (Å²) in [6.07, 6.45) is -22.9. The van der Waals surface area contributed by atoms with Gasteiger partial charge in [0, 0.05) is 0 Å². The Morgan fingerprint density at radius 1 is 0.594 bits per heavy atom. The topological polar surface area (TPSA) is 248 Å². The summed E-state index contributed by atoms with van der Waals surface area (Å²) < 4.78 is 26.4. The van der Waals surface area contributed by atoms with Gasteiger partial charge in [-0.3, -0.25) is 0 Å². The molecule has 3 aliphatic heterocycles. The summed E-state index contributed by atoms with van der Waals surface area (Å²) in [5, 5.41) is 99.1. The van der Waals surface area contributed by atoms with Crippen LogP contribution in [0.5, 0.6) is 0 Å². The number of rotatable bonds is 6. The van der Waals surface area contributed by atoms with Gasteiger partial charge in [-0.2, -0.15) is 0 Å². The van der Waals surface area contributed by atoms with Gasteiger partial charge in [0.2, 0.25) is 0 Å². The van der Waals surface area contributed by atoms with Crippen LogP contribution in [0, 0.1) is 0 Å². The van der Waals surface area contributed by atoms with Crippen LogP contribution in [0.4, 0.5) is 0 Å². The van der Waals surface area contributed by atoms with Crippen molar-refractivity contribution in [1.29, 1.82) is 0 Å². The highest BCUT2D eigenvalue weighted by Crippen LogP contribution is 2.30. The number of ether oxygens (including phenoxy) is 5. The summed E-state index contributed by atoms with van der Waals surface area (Å²) in [5.74, 6) is 0. The van der Waals surface area contributed by atoms with Crippen LogP contribution in [0.25, 0.3) is 0 Å². The quantitative estimate of drug-likeness (QED) is 0.172. The first-order valence-electron chi connectivity index (χ1n) is 10.00. The fourth-order valence-electron chi connectivity index (χ4n) is 3.74. The molecule has 0 spiro atoms. The Morgan fingerprint density at radius 3 is 1.78 bits per heavy atom. The summed E-state index contributed by atoms with van der Waals surface area (Å²) in [6.45, 7) is -1.89. The van der Waals surface area contributed by atoms with Crippen molar-refractivity contribution in [1.82, 2.24) is 0 Å². The summed E-state index contributed by atoms with van der Waals surface area (Å²) in [6, 6.07) is 0. The van der Waals surface area contributed by atoms with E-state index in [4.69, 9.17) is 28.8 Å². The maximum absolute atomic E-state index is 10.4. The minimum absolute atomic E-state index is 0.456. The minimum atomic E-state index is -1.83. The van der Waals surface area contributed by atoms with E-state index in [1.807, 2.05) is 0 Å². The van der Waals surface area contributed by atoms with Crippen LogP contribution in [0.15, 0.2) is 0 Å². The Bertz CT molecular complexity index is 594. The van der Waals surface area contributed by atoms with Gasteiger partial charge in [-0.25, -0.2) is 0 Å². The molecule has 15 heteroatoms. The van der Waals surface area contributed by atoms with E-state index in [1.165, 1.54) is 0 Å². The summed E-state index contributed by atoms with van der Waals surface area (Å²) >= 11 is 0. The lowest BCUT2D eigenvalue weighted by Crippen LogP contribution is -2.65. The molecule has 3 rings (SSSR count). The van der Waals surface area contributed by atoms with Gasteiger partial charge in [0.15, 0.2) is 18.9 Å². The monoisotopic (exact) mass is 474 g/mol. The molecule has 14 atom stereocenters. The van der Waals surface area contributed by atoms with Crippen molar-refractivity contribution in [2.45, 2.75) is 86.0 Å². The van der Waals surface area contributed by atoms with Crippen LogP contribution in [0.2, 0.25) is 0 Å². The molecule has 188 valence electrons. The second-order valence-electron chi connectivity index (χ2n) is 7.89. The van der Waals surface area contributed by atoms with Crippen molar-refractivity contribution in [2.24, 2.45) is 0 Å². The maximum atomic E-state index is 10.4. The van der Waals surface area contributed by atoms with Gasteiger partial charge in [-0.15, -0.1) is 0 Å². The molecule has 0 bridgehead atoms. The standard InChI is InChI=1S/C17H30O15/c18-1-5-9(23)11(25)13(15(27)29-5)31-17-14(7(21)4(20)3-28-17)32-16-12(26)10(24)8(22)6(2-19)30-16/h4-27H,1-3H2. The van der Waals surface area contributed by atoms with Gasteiger partial charge in [-0.05, 0) is 0 Å². The van der Waals surface area contributed by atoms with Crippen LogP contribution in [0.1, 0.15) is 0 Å². The lowest BCUT2D eigenvalue weighted by Gasteiger charge is -2.46. The molecule has 14 unspecified atom stereocenters. The molecule has 0 aromatic rings. The predicted octanol–water partition coefficient (Wildman–Crippen LogP) is -6.93. The van der Waals surface area contributed by atoms with Gasteiger partial charge >= 0.3 is 0 Å². The summed E-state index contributed by atoms with van der Waals surface area (Å²) in [5.41, 5.74) is 0. The first-order chi connectivity index (χ1) is 15.1. The van der Waals surface area contributed by atoms with E-state index in [-0.39, 0.29) is 0 Å². The number of aliphatic hydroxyl groups is 10. The van der Waals surface area contributed by atoms with E-state index in [0.717, 1.165) is 0 Å². The normalized spacial score (nSPS) is 52.7. The average molecular weight is 474 g/mol. The van der Waals surface area contributed by atoms with E-state index in [1.54, 1.807) is 0 Å². The zero-order valence-electron chi connectivity index (χ0n) is 16.7. The van der Waals surface area contributed by atoms with Crippen molar-refractivity contribution in [3.63, 3.8) is 0 Å². The third-order valence-corrected chi connectivity index (χ3v) is 5.70. The molecule has 0 aromatic carbocycles. The van der Waals surface area contributed by atoms with Crippen LogP contribution in [0.3, 0.4) is 0 Å². The molecule has 3 fully saturated rings. The molecule has 0 aliphatic carbocycles. The van der Waals surface area contributed by atoms with Gasteiger partial charge in [0.05, 0.1) is 19.8 Å². The van der Waals surface area contributed by atoms with E-state index >= 15 is 0 Å². The lowest BCUT2D eigenvalue weighted by molar-refractivity contribution is -0.380. The van der Waals surface area contributed by atoms with Crippen molar-refractivity contribution in [2.75, 3.05) is 19.8 Å². The Labute approximate surface area is 181 Å². The molecule has 0 aromatic heterocycles. The second-order valence-corrected chi connectivity index (χ2v) is 7.89. The molecule has 3 saturated heterocycles. The lowest BCUT2D eigenvalue weighted by atomic mass is 9.98. The Kier molecular flexibility index (Phi) is 8.75. The van der Waals surface area contributed by atoms with E-state index in [9.17, 15) is 46.0 Å². The van der Waals surface area contributed by atoms with Crippen molar-refractivity contribution < 1.29 is 74.7 Å². The van der Waals surface area contributed by atoms with Crippen LogP contribution in [-0.2, 0) is 23.7 Å². The Hall–Kier alpha value is -0.600. The third-order valence-electron chi connectivity index (χ3n) is 5.70. The predicted molar refractivity (Wildman–Crippen MR) is 95.2 cm³/mol. The molecular formula is C17H30O15. The molecular weight excluding hydrogens is 444 g/mol. The zero-order valence-corrected chi connectivity index (χ0v) is 16.7. The van der Waals surface area contributed by atoms with Crippen molar-refractivity contribution in [3.8, 4) is 0 Å². The van der Waals surface area contributed by atoms with Crippen LogP contribution >= 0.6 is 0 Å². The zero-order chi connectivity index (χ0) is 23.7. The first kappa shape index (κ1) is 26.0. The van der Waals surface area contributed by atoms with Gasteiger partial charge in [0.1, 0.15) is 67.1 Å². The van der Waals surface area contributed by atoms with Crippen molar-refractivity contribution >= 4 is 0 Å². The van der Waals surface area contributed by atoms with Gasteiger partial charge in [-0.1, -0.05) is 0 Å². The highest BCUT2D eigenvalue weighted by atomic mass is 16.8. The fraction of sp³-hybridized carbons (Fsp3) is 1.00. The molecule has 3 aliphatic rings. The average Bonchev–Trinajstić information content (AvgIpc) is 2.78. The molecule has 0 amide bonds. The summed E-state index contributed by atoms with van der Waals surface area (Å²) in [7, 11) is 0. The van der Waals surface area contributed by atoms with Crippen LogP contribution in [-0.4, -0.2) is 157 Å². The molecule has 15 nitrogen and oxygen atoms in total. The number of aliphatic hydroxyl groups excluding tert-OH is 10. The fourth-order valence-corrected chi connectivity index (χ4v) is 3.74. The second kappa shape index (κ2) is 10.8. The van der Waals surface area contributed by atoms with E-state index in [2.05, 4.69) is 0 Å². The highest BCUT2D eigenvalue weighted by molar-refractivity contribution is 4.94. The van der Waals surface area contributed by atoms with E-state index < -0.39 is 106 Å². The molecule has 32 heavy (non-hydrogen) atoms.